The summed E-state index contributed by atoms with van der Waals surface area (Å²) in [5, 5.41) is 10.6. The molecule has 1 rings (SSSR count). The van der Waals surface area contributed by atoms with E-state index < -0.39 is 22.7 Å². The molecule has 114 valence electrons. The molecule has 0 bridgehead atoms. The van der Waals surface area contributed by atoms with Crippen LogP contribution in [-0.4, -0.2) is 22.3 Å². The molecule has 1 aromatic rings. The number of hydrazone groups is 1. The standard InChI is InChI=1S/C10H5Cl3F3N3O2/c11-5-1-4(10(14,15)16)2-17-8(5)19-18-3-6(12)7(13)9(20)21/h1-3H,(H,17,19)(H,20,21). The quantitative estimate of drug-likeness (QED) is 0.483. The van der Waals surface area contributed by atoms with Crippen LogP contribution in [0.15, 0.2) is 27.4 Å². The maximum atomic E-state index is 12.4. The summed E-state index contributed by atoms with van der Waals surface area (Å²) in [6, 6.07) is 0.661. The van der Waals surface area contributed by atoms with Crippen LogP contribution in [0.1, 0.15) is 5.56 Å². The number of allylic oxidation sites excluding steroid dienone is 1. The van der Waals surface area contributed by atoms with Crippen LogP contribution in [0.25, 0.3) is 0 Å². The molecule has 0 unspecified atom stereocenters. The third-order valence-electron chi connectivity index (χ3n) is 1.91. The van der Waals surface area contributed by atoms with Gasteiger partial charge in [0.25, 0.3) is 0 Å². The number of alkyl halides is 3. The van der Waals surface area contributed by atoms with Gasteiger partial charge in [-0.3, -0.25) is 5.43 Å². The molecule has 0 atom stereocenters. The number of rotatable bonds is 4. The monoisotopic (exact) mass is 361 g/mol. The molecule has 2 N–H and O–H groups in total. The zero-order valence-corrected chi connectivity index (χ0v) is 12.0. The van der Waals surface area contributed by atoms with Gasteiger partial charge in [-0.25, -0.2) is 9.78 Å². The Bertz CT molecular complexity index is 617. The summed E-state index contributed by atoms with van der Waals surface area (Å²) in [5.74, 6) is -1.63. The number of nitrogens with zero attached hydrogens (tertiary/aromatic N) is 2. The molecule has 11 heteroatoms. The summed E-state index contributed by atoms with van der Waals surface area (Å²) in [6.45, 7) is 0. The molecule has 0 amide bonds. The minimum absolute atomic E-state index is 0.170. The van der Waals surface area contributed by atoms with E-state index in [1.807, 2.05) is 0 Å². The number of aliphatic carboxylic acids is 1. The number of carboxylic acids is 1. The summed E-state index contributed by atoms with van der Waals surface area (Å²) in [5.41, 5.74) is 1.19. The fourth-order valence-electron chi connectivity index (χ4n) is 0.984. The molecule has 0 aliphatic heterocycles. The van der Waals surface area contributed by atoms with Gasteiger partial charge < -0.3 is 5.11 Å². The molecule has 21 heavy (non-hydrogen) atoms. The van der Waals surface area contributed by atoms with Crippen molar-refractivity contribution in [1.29, 1.82) is 0 Å². The molecule has 1 heterocycles. The second-order valence-corrected chi connectivity index (χ2v) is 4.58. The summed E-state index contributed by atoms with van der Waals surface area (Å²) >= 11 is 16.4. The Labute approximate surface area is 131 Å². The van der Waals surface area contributed by atoms with Gasteiger partial charge in [0.15, 0.2) is 5.82 Å². The van der Waals surface area contributed by atoms with E-state index in [0.717, 1.165) is 6.21 Å². The first-order valence-electron chi connectivity index (χ1n) is 4.93. The van der Waals surface area contributed by atoms with E-state index in [0.29, 0.717) is 12.3 Å². The molecule has 0 spiro atoms. The third kappa shape index (κ3) is 5.07. The molecule has 0 aliphatic rings. The molecule has 0 radical (unpaired) electrons. The normalized spacial score (nSPS) is 13.2. The molecular formula is C10H5Cl3F3N3O2. The van der Waals surface area contributed by atoms with Crippen molar-refractivity contribution >= 4 is 52.8 Å². The number of anilines is 1. The van der Waals surface area contributed by atoms with Crippen molar-refractivity contribution in [2.45, 2.75) is 6.18 Å². The van der Waals surface area contributed by atoms with Crippen LogP contribution in [0, 0.1) is 0 Å². The SMILES string of the molecule is O=C(O)C(Cl)=C(Cl)C=NNc1ncc(C(F)(F)F)cc1Cl. The van der Waals surface area contributed by atoms with Gasteiger partial charge in [0, 0.05) is 6.20 Å². The Morgan fingerprint density at radius 1 is 1.43 bits per heavy atom. The highest BCUT2D eigenvalue weighted by molar-refractivity contribution is 6.51. The minimum atomic E-state index is -4.57. The Balaban J connectivity index is 2.87. The van der Waals surface area contributed by atoms with Crippen LogP contribution in [0.3, 0.4) is 0 Å². The van der Waals surface area contributed by atoms with Gasteiger partial charge in [0.1, 0.15) is 5.03 Å². The van der Waals surface area contributed by atoms with E-state index in [4.69, 9.17) is 39.9 Å². The predicted molar refractivity (Wildman–Crippen MR) is 72.7 cm³/mol. The van der Waals surface area contributed by atoms with Gasteiger partial charge in [-0.2, -0.15) is 18.3 Å². The number of aromatic nitrogens is 1. The van der Waals surface area contributed by atoms with E-state index in [2.05, 4.69) is 15.5 Å². The number of nitrogens with one attached hydrogen (secondary N) is 1. The van der Waals surface area contributed by atoms with Crippen molar-refractivity contribution in [2.24, 2.45) is 5.10 Å². The number of hydrogen-bond acceptors (Lipinski definition) is 4. The largest absolute Gasteiger partial charge is 0.477 e. The van der Waals surface area contributed by atoms with Crippen LogP contribution in [0.4, 0.5) is 19.0 Å². The number of halogens is 6. The molecule has 0 saturated carbocycles. The first-order chi connectivity index (χ1) is 9.62. The zero-order valence-electron chi connectivity index (χ0n) is 9.75. The smallest absolute Gasteiger partial charge is 0.417 e. The minimum Gasteiger partial charge on any atom is -0.477 e. The second kappa shape index (κ2) is 6.97. The predicted octanol–water partition coefficient (Wildman–Crippen LogP) is 3.93. The number of carboxylic acid groups (broad SMARTS) is 1. The highest BCUT2D eigenvalue weighted by Crippen LogP contribution is 2.32. The maximum Gasteiger partial charge on any atom is 0.417 e. The molecule has 1 aromatic heterocycles. The van der Waals surface area contributed by atoms with Gasteiger partial charge in [-0.15, -0.1) is 0 Å². The highest BCUT2D eigenvalue weighted by Gasteiger charge is 2.31. The lowest BCUT2D eigenvalue weighted by atomic mass is 10.3. The fraction of sp³-hybridized carbons (Fsp3) is 0.100. The Kier molecular flexibility index (Phi) is 5.82. The van der Waals surface area contributed by atoms with Crippen molar-refractivity contribution in [2.75, 3.05) is 5.43 Å². The van der Waals surface area contributed by atoms with Gasteiger partial charge in [-0.05, 0) is 6.07 Å². The average molecular weight is 363 g/mol. The van der Waals surface area contributed by atoms with E-state index in [1.54, 1.807) is 0 Å². The Morgan fingerprint density at radius 2 is 2.05 bits per heavy atom. The lowest BCUT2D eigenvalue weighted by Gasteiger charge is -2.08. The summed E-state index contributed by atoms with van der Waals surface area (Å²) in [6.07, 6.45) is -3.17. The van der Waals surface area contributed by atoms with Crippen LogP contribution in [-0.2, 0) is 11.0 Å². The Morgan fingerprint density at radius 3 is 2.52 bits per heavy atom. The molecule has 5 nitrogen and oxygen atoms in total. The van der Waals surface area contributed by atoms with Gasteiger partial charge in [-0.1, -0.05) is 34.8 Å². The molecule has 0 saturated heterocycles. The molecular weight excluding hydrogens is 357 g/mol. The highest BCUT2D eigenvalue weighted by atomic mass is 35.5. The zero-order chi connectivity index (χ0) is 16.2. The molecule has 0 aromatic carbocycles. The number of hydrogen-bond donors (Lipinski definition) is 2. The molecule has 0 aliphatic carbocycles. The van der Waals surface area contributed by atoms with Crippen molar-refractivity contribution in [3.05, 3.63) is 32.9 Å². The molecule has 0 fully saturated rings. The van der Waals surface area contributed by atoms with Crippen LogP contribution < -0.4 is 5.43 Å². The van der Waals surface area contributed by atoms with Gasteiger partial charge in [0.05, 0.1) is 21.8 Å². The number of pyridine rings is 1. The van der Waals surface area contributed by atoms with E-state index in [9.17, 15) is 18.0 Å². The second-order valence-electron chi connectivity index (χ2n) is 3.39. The van der Waals surface area contributed by atoms with Crippen LogP contribution in [0.2, 0.25) is 5.02 Å². The van der Waals surface area contributed by atoms with Crippen LogP contribution >= 0.6 is 34.8 Å². The van der Waals surface area contributed by atoms with Gasteiger partial charge in [0.2, 0.25) is 0 Å². The summed E-state index contributed by atoms with van der Waals surface area (Å²) in [4.78, 5) is 13.9. The summed E-state index contributed by atoms with van der Waals surface area (Å²) in [7, 11) is 0. The topological polar surface area (TPSA) is 74.6 Å². The first-order valence-corrected chi connectivity index (χ1v) is 6.06. The van der Waals surface area contributed by atoms with Gasteiger partial charge >= 0.3 is 12.1 Å². The average Bonchev–Trinajstić information content (AvgIpc) is 2.38. The van der Waals surface area contributed by atoms with Crippen molar-refractivity contribution in [3.8, 4) is 0 Å². The first kappa shape index (κ1) is 17.5. The fourth-order valence-corrected chi connectivity index (χ4v) is 1.37. The number of carbonyl (C=O) groups is 1. The van der Waals surface area contributed by atoms with E-state index >= 15 is 0 Å². The summed E-state index contributed by atoms with van der Waals surface area (Å²) < 4.78 is 37.1. The lowest BCUT2D eigenvalue weighted by Crippen LogP contribution is -2.06. The van der Waals surface area contributed by atoms with Crippen LogP contribution in [0.5, 0.6) is 0 Å². The van der Waals surface area contributed by atoms with E-state index in [1.165, 1.54) is 0 Å². The van der Waals surface area contributed by atoms with Crippen molar-refractivity contribution < 1.29 is 23.1 Å². The van der Waals surface area contributed by atoms with Crippen molar-refractivity contribution in [3.63, 3.8) is 0 Å². The maximum absolute atomic E-state index is 12.4. The Hall–Kier alpha value is -1.51. The van der Waals surface area contributed by atoms with E-state index in [-0.39, 0.29) is 15.9 Å². The lowest BCUT2D eigenvalue weighted by molar-refractivity contribution is -0.137. The van der Waals surface area contributed by atoms with Crippen molar-refractivity contribution in [1.82, 2.24) is 4.98 Å². The third-order valence-corrected chi connectivity index (χ3v) is 2.95.